The van der Waals surface area contributed by atoms with Gasteiger partial charge in [0.05, 0.1) is 12.6 Å². The Bertz CT molecular complexity index is 487. The first-order valence-electron chi connectivity index (χ1n) is 5.93. The molecule has 0 aliphatic heterocycles. The summed E-state index contributed by atoms with van der Waals surface area (Å²) < 4.78 is 0. The number of hydrogen-bond acceptors (Lipinski definition) is 2. The van der Waals surface area contributed by atoms with E-state index in [1.54, 1.807) is 0 Å². The van der Waals surface area contributed by atoms with Crippen molar-refractivity contribution in [1.82, 2.24) is 5.48 Å². The minimum atomic E-state index is 0.0578. The summed E-state index contributed by atoms with van der Waals surface area (Å²) in [5.41, 5.74) is 5.17. The van der Waals surface area contributed by atoms with E-state index in [9.17, 15) is 0 Å². The number of hydroxylamine groups is 1. The molecule has 0 bridgehead atoms. The normalized spacial score (nSPS) is 12.3. The molecule has 3 heteroatoms. The van der Waals surface area contributed by atoms with Gasteiger partial charge in [-0.05, 0) is 24.1 Å². The first kappa shape index (κ1) is 13.1. The Kier molecular flexibility index (Phi) is 4.76. The van der Waals surface area contributed by atoms with E-state index in [0.717, 1.165) is 16.1 Å². The quantitative estimate of drug-likeness (QED) is 0.818. The second-order valence-corrected chi connectivity index (χ2v) is 4.54. The number of benzene rings is 2. The van der Waals surface area contributed by atoms with E-state index in [2.05, 4.69) is 5.48 Å². The third kappa shape index (κ3) is 3.57. The monoisotopic (exact) mass is 261 g/mol. The van der Waals surface area contributed by atoms with Gasteiger partial charge in [-0.3, -0.25) is 4.84 Å². The molecule has 0 spiro atoms. The predicted octanol–water partition coefficient (Wildman–Crippen LogP) is 4.12. The Morgan fingerprint density at radius 2 is 1.72 bits per heavy atom. The molecule has 94 valence electrons. The van der Waals surface area contributed by atoms with Crippen LogP contribution in [0.3, 0.4) is 0 Å². The van der Waals surface area contributed by atoms with E-state index in [-0.39, 0.29) is 6.04 Å². The van der Waals surface area contributed by atoms with Crippen molar-refractivity contribution in [2.45, 2.75) is 19.6 Å². The third-order valence-electron chi connectivity index (χ3n) is 2.71. The summed E-state index contributed by atoms with van der Waals surface area (Å²) in [7, 11) is 0. The molecule has 18 heavy (non-hydrogen) atoms. The van der Waals surface area contributed by atoms with Gasteiger partial charge < -0.3 is 0 Å². The van der Waals surface area contributed by atoms with Crippen LogP contribution >= 0.6 is 11.6 Å². The lowest BCUT2D eigenvalue weighted by Crippen LogP contribution is -2.19. The fourth-order valence-electron chi connectivity index (χ4n) is 1.71. The molecule has 2 aromatic rings. The zero-order chi connectivity index (χ0) is 12.8. The van der Waals surface area contributed by atoms with Crippen LogP contribution < -0.4 is 5.48 Å². The first-order valence-corrected chi connectivity index (χ1v) is 6.31. The highest BCUT2D eigenvalue weighted by molar-refractivity contribution is 6.31. The van der Waals surface area contributed by atoms with E-state index in [4.69, 9.17) is 16.4 Å². The molecule has 0 saturated carbocycles. The summed E-state index contributed by atoms with van der Waals surface area (Å²) in [4.78, 5) is 5.48. The van der Waals surface area contributed by atoms with Crippen LogP contribution in [0.15, 0.2) is 54.6 Å². The second kappa shape index (κ2) is 6.55. The topological polar surface area (TPSA) is 21.3 Å². The number of rotatable bonds is 5. The van der Waals surface area contributed by atoms with Crippen LogP contribution in [0.4, 0.5) is 0 Å². The summed E-state index contributed by atoms with van der Waals surface area (Å²) in [5, 5.41) is 0.751. The zero-order valence-corrected chi connectivity index (χ0v) is 11.0. The Hall–Kier alpha value is -1.35. The van der Waals surface area contributed by atoms with Gasteiger partial charge in [0.25, 0.3) is 0 Å². The van der Waals surface area contributed by atoms with Crippen molar-refractivity contribution in [1.29, 1.82) is 0 Å². The second-order valence-electron chi connectivity index (χ2n) is 4.14. The van der Waals surface area contributed by atoms with Crippen molar-refractivity contribution in [2.75, 3.05) is 0 Å². The van der Waals surface area contributed by atoms with Crippen LogP contribution in [-0.4, -0.2) is 0 Å². The van der Waals surface area contributed by atoms with Gasteiger partial charge >= 0.3 is 0 Å². The molecule has 1 unspecified atom stereocenters. The average Bonchev–Trinajstić information content (AvgIpc) is 2.40. The third-order valence-corrected chi connectivity index (χ3v) is 3.06. The van der Waals surface area contributed by atoms with Gasteiger partial charge in [0.2, 0.25) is 0 Å². The van der Waals surface area contributed by atoms with Gasteiger partial charge in [-0.1, -0.05) is 60.1 Å². The predicted molar refractivity (Wildman–Crippen MR) is 74.2 cm³/mol. The summed E-state index contributed by atoms with van der Waals surface area (Å²) in [6.45, 7) is 2.56. The molecule has 1 N–H and O–H groups in total. The molecular formula is C15H16ClNO. The van der Waals surface area contributed by atoms with Crippen LogP contribution in [0.1, 0.15) is 24.1 Å². The smallest absolute Gasteiger partial charge is 0.0933 e. The molecule has 0 amide bonds. The van der Waals surface area contributed by atoms with Gasteiger partial charge in [0.15, 0.2) is 0 Å². The number of halogens is 1. The maximum atomic E-state index is 6.12. The van der Waals surface area contributed by atoms with Crippen molar-refractivity contribution < 1.29 is 4.84 Å². The van der Waals surface area contributed by atoms with E-state index in [1.165, 1.54) is 0 Å². The van der Waals surface area contributed by atoms with Gasteiger partial charge in [0.1, 0.15) is 0 Å². The molecule has 2 nitrogen and oxygen atoms in total. The molecule has 0 aliphatic carbocycles. The Morgan fingerprint density at radius 1 is 1.06 bits per heavy atom. The molecule has 0 heterocycles. The lowest BCUT2D eigenvalue weighted by molar-refractivity contribution is 0.00700. The summed E-state index contributed by atoms with van der Waals surface area (Å²) >= 11 is 6.12. The van der Waals surface area contributed by atoms with E-state index in [0.29, 0.717) is 6.61 Å². The van der Waals surface area contributed by atoms with Crippen molar-refractivity contribution >= 4 is 11.6 Å². The molecule has 2 rings (SSSR count). The lowest BCUT2D eigenvalue weighted by atomic mass is 10.1. The number of nitrogens with one attached hydrogen (secondary N) is 1. The minimum absolute atomic E-state index is 0.0578. The number of hydrogen-bond donors (Lipinski definition) is 1. The average molecular weight is 262 g/mol. The van der Waals surface area contributed by atoms with Crippen LogP contribution in [-0.2, 0) is 11.4 Å². The molecule has 0 aliphatic rings. The molecule has 2 aromatic carbocycles. The fourth-order valence-corrected chi connectivity index (χ4v) is 2.01. The van der Waals surface area contributed by atoms with Crippen LogP contribution in [0.2, 0.25) is 5.02 Å². The highest BCUT2D eigenvalue weighted by Crippen LogP contribution is 2.22. The van der Waals surface area contributed by atoms with E-state index >= 15 is 0 Å². The van der Waals surface area contributed by atoms with Crippen LogP contribution in [0, 0.1) is 0 Å². The molecule has 0 fully saturated rings. The fraction of sp³-hybridized carbons (Fsp3) is 0.200. The van der Waals surface area contributed by atoms with Crippen LogP contribution in [0.5, 0.6) is 0 Å². The zero-order valence-electron chi connectivity index (χ0n) is 10.3. The first-order chi connectivity index (χ1) is 8.77. The highest BCUT2D eigenvalue weighted by atomic mass is 35.5. The van der Waals surface area contributed by atoms with Gasteiger partial charge in [0, 0.05) is 5.02 Å². The van der Waals surface area contributed by atoms with Crippen molar-refractivity contribution in [2.24, 2.45) is 0 Å². The standard InChI is InChI=1S/C15H16ClNO/c1-12(14-9-5-6-10-15(14)16)17-18-11-13-7-3-2-4-8-13/h2-10,12,17H,11H2,1H3. The van der Waals surface area contributed by atoms with Crippen molar-refractivity contribution in [3.8, 4) is 0 Å². The molecule has 0 saturated heterocycles. The SMILES string of the molecule is CC(NOCc1ccccc1)c1ccccc1Cl. The molecule has 0 radical (unpaired) electrons. The molecule has 0 aromatic heterocycles. The maximum Gasteiger partial charge on any atom is 0.0933 e. The van der Waals surface area contributed by atoms with Gasteiger partial charge in [-0.15, -0.1) is 0 Å². The Morgan fingerprint density at radius 3 is 2.44 bits per heavy atom. The minimum Gasteiger partial charge on any atom is -0.296 e. The largest absolute Gasteiger partial charge is 0.296 e. The van der Waals surface area contributed by atoms with Crippen LogP contribution in [0.25, 0.3) is 0 Å². The molecule has 1 atom stereocenters. The van der Waals surface area contributed by atoms with E-state index in [1.807, 2.05) is 61.5 Å². The summed E-state index contributed by atoms with van der Waals surface area (Å²) in [5.74, 6) is 0. The van der Waals surface area contributed by atoms with Crippen molar-refractivity contribution in [3.05, 3.63) is 70.7 Å². The summed E-state index contributed by atoms with van der Waals surface area (Å²) in [6, 6.07) is 17.9. The van der Waals surface area contributed by atoms with Crippen molar-refractivity contribution in [3.63, 3.8) is 0 Å². The Labute approximate surface area is 113 Å². The summed E-state index contributed by atoms with van der Waals surface area (Å²) in [6.07, 6.45) is 0. The maximum absolute atomic E-state index is 6.12. The van der Waals surface area contributed by atoms with Gasteiger partial charge in [-0.2, -0.15) is 5.48 Å². The Balaban J connectivity index is 1.86. The molecular weight excluding hydrogens is 246 g/mol. The van der Waals surface area contributed by atoms with E-state index < -0.39 is 0 Å². The highest BCUT2D eigenvalue weighted by Gasteiger charge is 2.08. The lowest BCUT2D eigenvalue weighted by Gasteiger charge is -2.15. The van der Waals surface area contributed by atoms with Gasteiger partial charge in [-0.25, -0.2) is 0 Å².